The molecule has 52 valence electrons. The second kappa shape index (κ2) is 3.14. The van der Waals surface area contributed by atoms with Crippen LogP contribution in [0.15, 0.2) is 16.7 Å². The van der Waals surface area contributed by atoms with E-state index in [1.165, 1.54) is 6.07 Å². The average molecular weight is 208 g/mol. The number of aromatic nitrogens is 1. The molecule has 0 aliphatic carbocycles. The average Bonchev–Trinajstić information content (AvgIpc) is 2.04. The van der Waals surface area contributed by atoms with Crippen molar-refractivity contribution in [2.45, 2.75) is 0 Å². The van der Waals surface area contributed by atoms with E-state index in [9.17, 15) is 0 Å². The van der Waals surface area contributed by atoms with Gasteiger partial charge in [0.15, 0.2) is 0 Å². The molecule has 1 heterocycles. The number of pyridine rings is 1. The maximum absolute atomic E-state index is 8.48. The van der Waals surface area contributed by atoms with Crippen LogP contribution >= 0.6 is 15.9 Å². The van der Waals surface area contributed by atoms with Crippen LogP contribution in [0.25, 0.3) is 0 Å². The van der Waals surface area contributed by atoms with Gasteiger partial charge in [-0.25, -0.2) is 4.98 Å². The molecule has 1 aromatic heterocycles. The predicted molar refractivity (Wildman–Crippen MR) is 41.4 cm³/mol. The minimum atomic E-state index is 0.302. The van der Waals surface area contributed by atoms with E-state index in [2.05, 4.69) is 20.9 Å². The Labute approximate surface area is 72.0 Å². The minimum Gasteiger partial charge on any atom is -0.229 e. The highest BCUT2D eigenvalue weighted by Gasteiger charge is 2.00. The first kappa shape index (κ1) is 7.71. The number of hydrogen-bond donors (Lipinski definition) is 0. The highest BCUT2D eigenvalue weighted by atomic mass is 79.9. The summed E-state index contributed by atoms with van der Waals surface area (Å²) < 4.78 is 0.416. The van der Waals surface area contributed by atoms with Crippen molar-refractivity contribution in [3.8, 4) is 12.1 Å². The summed E-state index contributed by atoms with van der Waals surface area (Å²) in [6.07, 6.45) is 0. The van der Waals surface area contributed by atoms with Crippen LogP contribution in [0, 0.1) is 22.7 Å². The van der Waals surface area contributed by atoms with Crippen LogP contribution in [-0.2, 0) is 0 Å². The molecule has 0 N–H and O–H groups in total. The normalized spacial score (nSPS) is 8.27. The number of nitriles is 2. The lowest BCUT2D eigenvalue weighted by Gasteiger charge is -1.91. The minimum absolute atomic E-state index is 0.302. The van der Waals surface area contributed by atoms with Gasteiger partial charge >= 0.3 is 0 Å². The van der Waals surface area contributed by atoms with Gasteiger partial charge in [-0.05, 0) is 28.1 Å². The number of rotatable bonds is 0. The number of nitrogens with zero attached hydrogens (tertiary/aromatic N) is 3. The fraction of sp³-hybridized carbons (Fsp3) is 0. The smallest absolute Gasteiger partial charge is 0.141 e. The lowest BCUT2D eigenvalue weighted by Crippen LogP contribution is -1.86. The van der Waals surface area contributed by atoms with Gasteiger partial charge in [-0.3, -0.25) is 0 Å². The van der Waals surface area contributed by atoms with Crippen molar-refractivity contribution < 1.29 is 0 Å². The monoisotopic (exact) mass is 207 g/mol. The molecule has 11 heavy (non-hydrogen) atoms. The summed E-state index contributed by atoms with van der Waals surface area (Å²) in [6, 6.07) is 6.85. The molecule has 4 heteroatoms. The third-order valence-corrected chi connectivity index (χ3v) is 1.69. The lowest BCUT2D eigenvalue weighted by atomic mass is 10.3. The van der Waals surface area contributed by atoms with Crippen LogP contribution in [0.2, 0.25) is 0 Å². The van der Waals surface area contributed by atoms with Gasteiger partial charge < -0.3 is 0 Å². The highest BCUT2D eigenvalue weighted by molar-refractivity contribution is 9.10. The zero-order valence-corrected chi connectivity index (χ0v) is 6.96. The molecule has 0 spiro atoms. The molecule has 1 rings (SSSR count). The van der Waals surface area contributed by atoms with Gasteiger partial charge in [-0.2, -0.15) is 10.5 Å². The van der Waals surface area contributed by atoms with Crippen LogP contribution in [0.3, 0.4) is 0 Å². The maximum Gasteiger partial charge on any atom is 0.141 e. The van der Waals surface area contributed by atoms with E-state index in [4.69, 9.17) is 10.5 Å². The third kappa shape index (κ3) is 1.54. The summed E-state index contributed by atoms with van der Waals surface area (Å²) in [6.45, 7) is 0. The van der Waals surface area contributed by atoms with E-state index >= 15 is 0 Å². The molecular weight excluding hydrogens is 206 g/mol. The molecule has 0 aliphatic heterocycles. The second-order valence-electron chi connectivity index (χ2n) is 1.76. The molecule has 0 bridgehead atoms. The first-order chi connectivity index (χ1) is 5.27. The molecule has 0 amide bonds. The van der Waals surface area contributed by atoms with Crippen molar-refractivity contribution in [2.75, 3.05) is 0 Å². The molecule has 0 unspecified atom stereocenters. The van der Waals surface area contributed by atoms with Gasteiger partial charge in [0.1, 0.15) is 22.4 Å². The van der Waals surface area contributed by atoms with Crippen LogP contribution in [0.4, 0.5) is 0 Å². The molecule has 1 aromatic rings. The molecule has 3 nitrogen and oxygen atoms in total. The molecule has 0 radical (unpaired) electrons. The molecule has 0 aromatic carbocycles. The quantitative estimate of drug-likeness (QED) is 0.608. The first-order valence-corrected chi connectivity index (χ1v) is 3.54. The van der Waals surface area contributed by atoms with E-state index in [1.807, 2.05) is 12.1 Å². The zero-order valence-electron chi connectivity index (χ0n) is 5.37. The zero-order chi connectivity index (χ0) is 8.27. The Kier molecular flexibility index (Phi) is 2.20. The Morgan fingerprint density at radius 2 is 2.00 bits per heavy atom. The summed E-state index contributed by atoms with van der Waals surface area (Å²) in [5, 5.41) is 16.9. The van der Waals surface area contributed by atoms with E-state index in [1.54, 1.807) is 6.07 Å². The Morgan fingerprint density at radius 3 is 2.45 bits per heavy atom. The van der Waals surface area contributed by atoms with Gasteiger partial charge in [0, 0.05) is 0 Å². The van der Waals surface area contributed by atoms with Crippen molar-refractivity contribution in [3.05, 3.63) is 28.0 Å². The molecule has 0 aliphatic rings. The van der Waals surface area contributed by atoms with Gasteiger partial charge in [0.2, 0.25) is 0 Å². The maximum atomic E-state index is 8.48. The predicted octanol–water partition coefficient (Wildman–Crippen LogP) is 1.59. The Bertz CT molecular complexity index is 359. The van der Waals surface area contributed by atoms with Crippen molar-refractivity contribution >= 4 is 15.9 Å². The van der Waals surface area contributed by atoms with Crippen LogP contribution < -0.4 is 0 Å². The van der Waals surface area contributed by atoms with Gasteiger partial charge in [-0.1, -0.05) is 0 Å². The van der Waals surface area contributed by atoms with Gasteiger partial charge in [-0.15, -0.1) is 0 Å². The van der Waals surface area contributed by atoms with E-state index < -0.39 is 0 Å². The molecule has 0 atom stereocenters. The van der Waals surface area contributed by atoms with E-state index in [0.717, 1.165) is 0 Å². The molecule has 0 saturated carbocycles. The Balaban J connectivity index is 3.25. The van der Waals surface area contributed by atoms with Crippen LogP contribution in [0.1, 0.15) is 11.3 Å². The van der Waals surface area contributed by atoms with Crippen molar-refractivity contribution in [3.63, 3.8) is 0 Å². The standard InChI is InChI=1S/C7H2BrN3/c8-7-5(3-9)1-2-6(4-10)11-7/h1-2H. The molecule has 0 fully saturated rings. The summed E-state index contributed by atoms with van der Waals surface area (Å²) in [5.74, 6) is 0. The van der Waals surface area contributed by atoms with E-state index in [-0.39, 0.29) is 0 Å². The largest absolute Gasteiger partial charge is 0.229 e. The van der Waals surface area contributed by atoms with Crippen LogP contribution in [0.5, 0.6) is 0 Å². The molecule has 0 saturated heterocycles. The fourth-order valence-electron chi connectivity index (χ4n) is 0.580. The summed E-state index contributed by atoms with van der Waals surface area (Å²) >= 11 is 3.06. The number of halogens is 1. The summed E-state index contributed by atoms with van der Waals surface area (Å²) in [5.41, 5.74) is 0.736. The van der Waals surface area contributed by atoms with Gasteiger partial charge in [0.25, 0.3) is 0 Å². The van der Waals surface area contributed by atoms with Crippen molar-refractivity contribution in [1.29, 1.82) is 10.5 Å². The topological polar surface area (TPSA) is 60.5 Å². The Morgan fingerprint density at radius 1 is 1.27 bits per heavy atom. The van der Waals surface area contributed by atoms with Crippen molar-refractivity contribution in [2.24, 2.45) is 0 Å². The number of hydrogen-bond acceptors (Lipinski definition) is 3. The second-order valence-corrected chi connectivity index (χ2v) is 2.51. The molecular formula is C7H2BrN3. The SMILES string of the molecule is N#Cc1ccc(C#N)c(Br)n1. The Hall–Kier alpha value is -1.39. The fourth-order valence-corrected chi connectivity index (χ4v) is 0.992. The first-order valence-electron chi connectivity index (χ1n) is 2.74. The highest BCUT2D eigenvalue weighted by Crippen LogP contribution is 2.12. The van der Waals surface area contributed by atoms with Crippen molar-refractivity contribution in [1.82, 2.24) is 4.98 Å². The summed E-state index contributed by atoms with van der Waals surface area (Å²) in [4.78, 5) is 3.80. The van der Waals surface area contributed by atoms with Crippen LogP contribution in [-0.4, -0.2) is 4.98 Å². The summed E-state index contributed by atoms with van der Waals surface area (Å²) in [7, 11) is 0. The van der Waals surface area contributed by atoms with E-state index in [0.29, 0.717) is 15.9 Å². The van der Waals surface area contributed by atoms with Gasteiger partial charge in [0.05, 0.1) is 5.56 Å². The third-order valence-electron chi connectivity index (χ3n) is 1.08. The lowest BCUT2D eigenvalue weighted by molar-refractivity contribution is 1.20.